The van der Waals surface area contributed by atoms with Crippen LogP contribution >= 0.6 is 0 Å². The fraction of sp³-hybridized carbons (Fsp3) is 0.364. The topological polar surface area (TPSA) is 83.3 Å². The number of benzene rings is 2. The van der Waals surface area contributed by atoms with Crippen LogP contribution in [0.2, 0.25) is 0 Å². The van der Waals surface area contributed by atoms with E-state index in [1.807, 2.05) is 18.2 Å². The standard InChI is InChI=1S/C22H26N2O5/c1-15(17-9-8-16(28-2)14-20(17)29-3)23-10-12-24(13-11-23)21(25)18-6-4-5-7-19(18)22(26)27/h4-9,14-15H,10-13H2,1-3H3,(H,26,27)/t15-/m1/s1. The summed E-state index contributed by atoms with van der Waals surface area (Å²) in [6, 6.07) is 12.2. The molecule has 0 radical (unpaired) electrons. The van der Waals surface area contributed by atoms with Crippen molar-refractivity contribution in [3.63, 3.8) is 0 Å². The molecule has 154 valence electrons. The lowest BCUT2D eigenvalue weighted by Crippen LogP contribution is -3.14. The minimum atomic E-state index is -1.33. The monoisotopic (exact) mass is 398 g/mol. The Bertz CT molecular complexity index is 891. The molecule has 1 N–H and O–H groups in total. The zero-order valence-electron chi connectivity index (χ0n) is 16.9. The zero-order chi connectivity index (χ0) is 21.0. The fourth-order valence-corrected chi connectivity index (χ4v) is 3.84. The number of ether oxygens (including phenoxy) is 2. The van der Waals surface area contributed by atoms with E-state index in [0.717, 1.165) is 30.2 Å². The molecule has 1 fully saturated rings. The summed E-state index contributed by atoms with van der Waals surface area (Å²) < 4.78 is 10.8. The number of quaternary nitrogens is 1. The largest absolute Gasteiger partial charge is 0.545 e. The molecule has 1 amide bonds. The third-order valence-corrected chi connectivity index (χ3v) is 5.59. The normalized spacial score (nSPS) is 15.6. The van der Waals surface area contributed by atoms with Gasteiger partial charge in [0, 0.05) is 17.2 Å². The SMILES string of the molecule is COc1ccc([C@@H](C)[NH+]2CCN(C(=O)c3ccccc3C(=O)[O-])CC2)c(OC)c1. The lowest BCUT2D eigenvalue weighted by molar-refractivity contribution is -0.933. The van der Waals surface area contributed by atoms with E-state index in [1.165, 1.54) is 17.0 Å². The molecule has 0 bridgehead atoms. The van der Waals surface area contributed by atoms with Crippen molar-refractivity contribution in [1.29, 1.82) is 0 Å². The van der Waals surface area contributed by atoms with Gasteiger partial charge in [-0.1, -0.05) is 18.2 Å². The van der Waals surface area contributed by atoms with Crippen molar-refractivity contribution in [2.75, 3.05) is 40.4 Å². The molecule has 1 aliphatic rings. The lowest BCUT2D eigenvalue weighted by atomic mass is 10.0. The molecular weight excluding hydrogens is 372 g/mol. The van der Waals surface area contributed by atoms with E-state index in [4.69, 9.17) is 9.47 Å². The minimum absolute atomic E-state index is 0.0661. The molecule has 1 atom stereocenters. The summed E-state index contributed by atoms with van der Waals surface area (Å²) in [7, 11) is 3.27. The number of carboxylic acid groups (broad SMARTS) is 1. The van der Waals surface area contributed by atoms with Crippen molar-refractivity contribution < 1.29 is 29.1 Å². The number of aromatic carboxylic acids is 1. The maximum absolute atomic E-state index is 12.8. The Morgan fingerprint density at radius 1 is 1.03 bits per heavy atom. The Morgan fingerprint density at radius 2 is 1.69 bits per heavy atom. The molecule has 0 aliphatic carbocycles. The molecule has 2 aromatic carbocycles. The predicted molar refractivity (Wildman–Crippen MR) is 105 cm³/mol. The first kappa shape index (κ1) is 20.7. The highest BCUT2D eigenvalue weighted by atomic mass is 16.5. The van der Waals surface area contributed by atoms with Gasteiger partial charge in [-0.3, -0.25) is 4.79 Å². The van der Waals surface area contributed by atoms with E-state index >= 15 is 0 Å². The Labute approximate surface area is 170 Å². The van der Waals surface area contributed by atoms with Gasteiger partial charge in [0.2, 0.25) is 0 Å². The lowest BCUT2D eigenvalue weighted by Gasteiger charge is -2.36. The van der Waals surface area contributed by atoms with E-state index in [-0.39, 0.29) is 23.1 Å². The van der Waals surface area contributed by atoms with E-state index in [1.54, 1.807) is 31.3 Å². The summed E-state index contributed by atoms with van der Waals surface area (Å²) in [5, 5.41) is 11.3. The molecule has 1 saturated heterocycles. The molecule has 0 aromatic heterocycles. The average molecular weight is 398 g/mol. The molecule has 7 nitrogen and oxygen atoms in total. The fourth-order valence-electron chi connectivity index (χ4n) is 3.84. The first-order chi connectivity index (χ1) is 14.0. The second-order valence-electron chi connectivity index (χ2n) is 7.11. The molecule has 29 heavy (non-hydrogen) atoms. The number of carbonyl (C=O) groups excluding carboxylic acids is 2. The molecule has 0 spiro atoms. The zero-order valence-corrected chi connectivity index (χ0v) is 16.9. The number of nitrogens with one attached hydrogen (secondary N) is 1. The number of piperazine rings is 1. The first-order valence-corrected chi connectivity index (χ1v) is 9.62. The van der Waals surface area contributed by atoms with Crippen molar-refractivity contribution in [3.05, 3.63) is 59.2 Å². The van der Waals surface area contributed by atoms with E-state index < -0.39 is 5.97 Å². The van der Waals surface area contributed by atoms with Crippen LogP contribution in [0.3, 0.4) is 0 Å². The number of carbonyl (C=O) groups is 2. The number of hydrogen-bond donors (Lipinski definition) is 1. The van der Waals surface area contributed by atoms with Gasteiger partial charge in [0.1, 0.15) is 17.5 Å². The number of carboxylic acids is 1. The Kier molecular flexibility index (Phi) is 6.39. The molecule has 7 heteroatoms. The Morgan fingerprint density at radius 3 is 2.28 bits per heavy atom. The third-order valence-electron chi connectivity index (χ3n) is 5.59. The van der Waals surface area contributed by atoms with Crippen molar-refractivity contribution >= 4 is 11.9 Å². The van der Waals surface area contributed by atoms with Gasteiger partial charge in [-0.2, -0.15) is 0 Å². The van der Waals surface area contributed by atoms with Gasteiger partial charge in [0.05, 0.1) is 51.9 Å². The summed E-state index contributed by atoms with van der Waals surface area (Å²) >= 11 is 0. The van der Waals surface area contributed by atoms with Crippen molar-refractivity contribution in [2.45, 2.75) is 13.0 Å². The Balaban J connectivity index is 1.69. The summed E-state index contributed by atoms with van der Waals surface area (Å²) in [6.07, 6.45) is 0. The number of rotatable bonds is 6. The first-order valence-electron chi connectivity index (χ1n) is 9.62. The van der Waals surface area contributed by atoms with Crippen molar-refractivity contribution in [1.82, 2.24) is 4.90 Å². The smallest absolute Gasteiger partial charge is 0.254 e. The van der Waals surface area contributed by atoms with Crippen LogP contribution in [0, 0.1) is 0 Å². The van der Waals surface area contributed by atoms with Gasteiger partial charge >= 0.3 is 0 Å². The molecule has 3 rings (SSSR count). The van der Waals surface area contributed by atoms with Crippen LogP contribution in [0.15, 0.2) is 42.5 Å². The predicted octanol–water partition coefficient (Wildman–Crippen LogP) is 0.169. The second kappa shape index (κ2) is 8.96. The van der Waals surface area contributed by atoms with Crippen molar-refractivity contribution in [3.8, 4) is 11.5 Å². The van der Waals surface area contributed by atoms with Crippen LogP contribution in [0.1, 0.15) is 39.2 Å². The van der Waals surface area contributed by atoms with Crippen molar-refractivity contribution in [2.24, 2.45) is 0 Å². The summed E-state index contributed by atoms with van der Waals surface area (Å²) in [4.78, 5) is 27.2. The molecule has 0 saturated carbocycles. The van der Waals surface area contributed by atoms with Crippen LogP contribution in [0.5, 0.6) is 11.5 Å². The minimum Gasteiger partial charge on any atom is -0.545 e. The van der Waals surface area contributed by atoms with Crippen LogP contribution in [-0.2, 0) is 0 Å². The maximum Gasteiger partial charge on any atom is 0.254 e. The quantitative estimate of drug-likeness (QED) is 0.750. The van der Waals surface area contributed by atoms with E-state index in [2.05, 4.69) is 6.92 Å². The van der Waals surface area contributed by atoms with Gasteiger partial charge in [-0.25, -0.2) is 0 Å². The highest BCUT2D eigenvalue weighted by molar-refractivity contribution is 6.04. The third kappa shape index (κ3) is 4.35. The maximum atomic E-state index is 12.8. The molecule has 0 unspecified atom stereocenters. The molecule has 1 aliphatic heterocycles. The summed E-state index contributed by atoms with van der Waals surface area (Å²) in [6.45, 7) is 4.77. The number of nitrogens with zero attached hydrogens (tertiary/aromatic N) is 1. The molecule has 2 aromatic rings. The Hall–Kier alpha value is -3.06. The molecule has 1 heterocycles. The average Bonchev–Trinajstić information content (AvgIpc) is 2.77. The van der Waals surface area contributed by atoms with Gasteiger partial charge in [-0.15, -0.1) is 0 Å². The highest BCUT2D eigenvalue weighted by Gasteiger charge is 2.30. The van der Waals surface area contributed by atoms with Gasteiger partial charge in [-0.05, 0) is 25.1 Å². The second-order valence-corrected chi connectivity index (χ2v) is 7.11. The van der Waals surface area contributed by atoms with E-state index in [0.29, 0.717) is 13.1 Å². The van der Waals surface area contributed by atoms with Gasteiger partial charge in [0.15, 0.2) is 0 Å². The molecular formula is C22H26N2O5. The summed E-state index contributed by atoms with van der Waals surface area (Å²) in [5.41, 5.74) is 1.20. The number of amides is 1. The highest BCUT2D eigenvalue weighted by Crippen LogP contribution is 2.28. The van der Waals surface area contributed by atoms with Crippen LogP contribution in [0.4, 0.5) is 0 Å². The number of methoxy groups -OCH3 is 2. The van der Waals surface area contributed by atoms with Crippen LogP contribution in [0.25, 0.3) is 0 Å². The van der Waals surface area contributed by atoms with E-state index in [9.17, 15) is 14.7 Å². The number of hydrogen-bond acceptors (Lipinski definition) is 5. The van der Waals surface area contributed by atoms with Gasteiger partial charge in [0.25, 0.3) is 5.91 Å². The van der Waals surface area contributed by atoms with Crippen LogP contribution < -0.4 is 19.5 Å². The summed E-state index contributed by atoms with van der Waals surface area (Å²) in [5.74, 6) is -0.0718. The van der Waals surface area contributed by atoms with Crippen LogP contribution in [-0.4, -0.2) is 57.2 Å². The van der Waals surface area contributed by atoms with Gasteiger partial charge < -0.3 is 29.2 Å².